The van der Waals surface area contributed by atoms with E-state index in [-0.39, 0.29) is 23.2 Å². The number of carbonyl (C=O) groups excluding carboxylic acids is 3. The van der Waals surface area contributed by atoms with Crippen molar-refractivity contribution in [1.82, 2.24) is 5.32 Å². The fraction of sp³-hybridized carbons (Fsp3) is 0.500. The van der Waals surface area contributed by atoms with Crippen LogP contribution in [0.3, 0.4) is 0 Å². The molecule has 7 nitrogen and oxygen atoms in total. The fourth-order valence-electron chi connectivity index (χ4n) is 3.03. The Hall–Kier alpha value is -2.22. The van der Waals surface area contributed by atoms with Crippen LogP contribution >= 0.6 is 11.8 Å². The van der Waals surface area contributed by atoms with E-state index in [1.807, 2.05) is 25.1 Å². The van der Waals surface area contributed by atoms with Gasteiger partial charge in [0.2, 0.25) is 11.8 Å². The Balaban J connectivity index is 1.75. The van der Waals surface area contributed by atoms with Crippen molar-refractivity contribution in [2.75, 3.05) is 29.9 Å². The number of ether oxygens (including phenoxy) is 1. The standard InChI is InChI=1S/C18H23N3O4S/c1-4-14-17(23)20(3)13-7-6-11(8-15(13)26-14)21-10-12(25-18(21)24)9-19-16(22)5-2/h6-8,12,14H,4-5,9-10H2,1-3H3,(H,19,22). The number of thioether (sulfide) groups is 1. The summed E-state index contributed by atoms with van der Waals surface area (Å²) >= 11 is 1.53. The molecule has 0 saturated carbocycles. The van der Waals surface area contributed by atoms with Crippen molar-refractivity contribution in [3.63, 3.8) is 0 Å². The van der Waals surface area contributed by atoms with Gasteiger partial charge in [-0.1, -0.05) is 13.8 Å². The van der Waals surface area contributed by atoms with E-state index < -0.39 is 6.09 Å². The van der Waals surface area contributed by atoms with Gasteiger partial charge in [-0.2, -0.15) is 0 Å². The molecule has 2 heterocycles. The number of hydrogen-bond acceptors (Lipinski definition) is 5. The molecule has 3 rings (SSSR count). The molecule has 1 aromatic rings. The average Bonchev–Trinajstić information content (AvgIpc) is 3.02. The highest BCUT2D eigenvalue weighted by Gasteiger charge is 2.35. The highest BCUT2D eigenvalue weighted by Crippen LogP contribution is 2.42. The Morgan fingerprint density at radius 3 is 2.81 bits per heavy atom. The van der Waals surface area contributed by atoms with Gasteiger partial charge in [0, 0.05) is 24.1 Å². The predicted octanol–water partition coefficient (Wildman–Crippen LogP) is 2.39. The van der Waals surface area contributed by atoms with E-state index in [2.05, 4.69) is 5.32 Å². The number of hydrogen-bond donors (Lipinski definition) is 1. The summed E-state index contributed by atoms with van der Waals surface area (Å²) in [4.78, 5) is 40.1. The first-order chi connectivity index (χ1) is 12.4. The number of nitrogens with zero attached hydrogens (tertiary/aromatic N) is 2. The Bertz CT molecular complexity index is 739. The molecule has 2 aliphatic rings. The van der Waals surface area contributed by atoms with Crippen LogP contribution in [0.2, 0.25) is 0 Å². The second kappa shape index (κ2) is 7.57. The van der Waals surface area contributed by atoms with Crippen LogP contribution in [-0.4, -0.2) is 49.4 Å². The van der Waals surface area contributed by atoms with Crippen molar-refractivity contribution < 1.29 is 19.1 Å². The summed E-state index contributed by atoms with van der Waals surface area (Å²) in [6.45, 7) is 4.46. The van der Waals surface area contributed by atoms with Crippen LogP contribution in [0, 0.1) is 0 Å². The molecule has 140 valence electrons. The molecule has 2 atom stereocenters. The monoisotopic (exact) mass is 377 g/mol. The largest absolute Gasteiger partial charge is 0.442 e. The number of benzene rings is 1. The Morgan fingerprint density at radius 2 is 2.12 bits per heavy atom. The SMILES string of the molecule is CCC(=O)NCC1CN(c2ccc3c(c2)SC(CC)C(=O)N3C)C(=O)O1. The van der Waals surface area contributed by atoms with Gasteiger partial charge >= 0.3 is 6.09 Å². The molecule has 2 unspecified atom stereocenters. The van der Waals surface area contributed by atoms with Gasteiger partial charge in [0.25, 0.3) is 0 Å². The van der Waals surface area contributed by atoms with Gasteiger partial charge in [-0.15, -0.1) is 11.8 Å². The van der Waals surface area contributed by atoms with Gasteiger partial charge in [-0.3, -0.25) is 14.5 Å². The summed E-state index contributed by atoms with van der Waals surface area (Å²) in [6, 6.07) is 5.62. The van der Waals surface area contributed by atoms with Crippen LogP contribution in [0.5, 0.6) is 0 Å². The first-order valence-electron chi connectivity index (χ1n) is 8.77. The maximum absolute atomic E-state index is 12.3. The van der Waals surface area contributed by atoms with E-state index in [1.54, 1.807) is 23.8 Å². The van der Waals surface area contributed by atoms with Crippen LogP contribution in [0.15, 0.2) is 23.1 Å². The smallest absolute Gasteiger partial charge is 0.414 e. The lowest BCUT2D eigenvalue weighted by molar-refractivity contribution is -0.121. The lowest BCUT2D eigenvalue weighted by Gasteiger charge is -2.31. The van der Waals surface area contributed by atoms with Crippen LogP contribution in [-0.2, 0) is 14.3 Å². The first kappa shape index (κ1) is 18.6. The van der Waals surface area contributed by atoms with Crippen molar-refractivity contribution in [2.24, 2.45) is 0 Å². The number of carbonyl (C=O) groups is 3. The summed E-state index contributed by atoms with van der Waals surface area (Å²) in [7, 11) is 1.78. The molecule has 1 saturated heterocycles. The molecule has 1 fully saturated rings. The number of anilines is 2. The summed E-state index contributed by atoms with van der Waals surface area (Å²) in [5.74, 6) is 0.0352. The van der Waals surface area contributed by atoms with Gasteiger partial charge in [0.15, 0.2) is 0 Å². The molecule has 1 aromatic carbocycles. The van der Waals surface area contributed by atoms with E-state index in [9.17, 15) is 14.4 Å². The molecule has 8 heteroatoms. The molecule has 0 aliphatic carbocycles. The van der Waals surface area contributed by atoms with Crippen molar-refractivity contribution in [3.8, 4) is 0 Å². The highest BCUT2D eigenvalue weighted by molar-refractivity contribution is 8.01. The molecule has 0 radical (unpaired) electrons. The zero-order valence-electron chi connectivity index (χ0n) is 15.2. The molecule has 0 spiro atoms. The van der Waals surface area contributed by atoms with E-state index in [4.69, 9.17) is 4.74 Å². The maximum Gasteiger partial charge on any atom is 0.414 e. The second-order valence-corrected chi connectivity index (χ2v) is 7.58. The number of fused-ring (bicyclic) bond motifs is 1. The van der Waals surface area contributed by atoms with Gasteiger partial charge in [-0.05, 0) is 24.6 Å². The molecule has 2 aliphatic heterocycles. The lowest BCUT2D eigenvalue weighted by Crippen LogP contribution is -2.38. The van der Waals surface area contributed by atoms with E-state index in [1.165, 1.54) is 11.8 Å². The fourth-order valence-corrected chi connectivity index (χ4v) is 4.28. The van der Waals surface area contributed by atoms with Gasteiger partial charge < -0.3 is 15.0 Å². The maximum atomic E-state index is 12.3. The van der Waals surface area contributed by atoms with Gasteiger partial charge in [0.05, 0.1) is 24.0 Å². The summed E-state index contributed by atoms with van der Waals surface area (Å²) in [5.41, 5.74) is 1.59. The average molecular weight is 377 g/mol. The third-order valence-corrected chi connectivity index (χ3v) is 5.98. The lowest BCUT2D eigenvalue weighted by atomic mass is 10.2. The van der Waals surface area contributed by atoms with Crippen molar-refractivity contribution in [2.45, 2.75) is 42.9 Å². The normalized spacial score (nSPS) is 22.3. The molecule has 0 aromatic heterocycles. The van der Waals surface area contributed by atoms with E-state index >= 15 is 0 Å². The summed E-state index contributed by atoms with van der Waals surface area (Å²) in [6.07, 6.45) is 0.368. The molecular weight excluding hydrogens is 354 g/mol. The van der Waals surface area contributed by atoms with Crippen molar-refractivity contribution in [3.05, 3.63) is 18.2 Å². The van der Waals surface area contributed by atoms with E-state index in [0.29, 0.717) is 19.5 Å². The number of amides is 3. The zero-order chi connectivity index (χ0) is 18.8. The van der Waals surface area contributed by atoms with Crippen molar-refractivity contribution in [1.29, 1.82) is 0 Å². The summed E-state index contributed by atoms with van der Waals surface area (Å²) in [5, 5.41) is 2.64. The molecular formula is C18H23N3O4S. The van der Waals surface area contributed by atoms with Gasteiger partial charge in [-0.25, -0.2) is 4.79 Å². The Labute approximate surface area is 157 Å². The zero-order valence-corrected chi connectivity index (χ0v) is 16.0. The second-order valence-electron chi connectivity index (χ2n) is 6.34. The molecule has 26 heavy (non-hydrogen) atoms. The minimum Gasteiger partial charge on any atom is -0.442 e. The van der Waals surface area contributed by atoms with Crippen LogP contribution in [0.25, 0.3) is 0 Å². The summed E-state index contributed by atoms with van der Waals surface area (Å²) < 4.78 is 5.35. The number of cyclic esters (lactones) is 1. The number of rotatable bonds is 5. The minimum absolute atomic E-state index is 0.0667. The van der Waals surface area contributed by atoms with E-state index in [0.717, 1.165) is 22.7 Å². The third kappa shape index (κ3) is 3.51. The van der Waals surface area contributed by atoms with Crippen molar-refractivity contribution >= 4 is 41.0 Å². The molecule has 3 amide bonds. The molecule has 0 bridgehead atoms. The van der Waals surface area contributed by atoms with Crippen LogP contribution < -0.4 is 15.1 Å². The minimum atomic E-state index is -0.419. The van der Waals surface area contributed by atoms with Gasteiger partial charge in [0.1, 0.15) is 6.10 Å². The first-order valence-corrected chi connectivity index (χ1v) is 9.65. The van der Waals surface area contributed by atoms with Crippen LogP contribution in [0.1, 0.15) is 26.7 Å². The quantitative estimate of drug-likeness (QED) is 0.852. The third-order valence-electron chi connectivity index (χ3n) is 4.58. The van der Waals surface area contributed by atoms with Crippen LogP contribution in [0.4, 0.5) is 16.2 Å². The number of nitrogens with one attached hydrogen (secondary N) is 1. The predicted molar refractivity (Wildman–Crippen MR) is 101 cm³/mol. The Kier molecular flexibility index (Phi) is 5.41. The highest BCUT2D eigenvalue weighted by atomic mass is 32.2. The molecule has 1 N–H and O–H groups in total. The Morgan fingerprint density at radius 1 is 1.35 bits per heavy atom. The topological polar surface area (TPSA) is 79.0 Å².